The maximum Gasteiger partial charge on any atom is 0.303 e. The van der Waals surface area contributed by atoms with Crippen LogP contribution in [0.1, 0.15) is 12.0 Å². The van der Waals surface area contributed by atoms with Crippen molar-refractivity contribution in [1.82, 2.24) is 9.97 Å². The predicted octanol–water partition coefficient (Wildman–Crippen LogP) is 1.23. The largest absolute Gasteiger partial charge is 0.481 e. The summed E-state index contributed by atoms with van der Waals surface area (Å²) in [7, 11) is -3.75. The average Bonchev–Trinajstić information content (AvgIpc) is 2.92. The zero-order valence-electron chi connectivity index (χ0n) is 10.4. The zero-order valence-corrected chi connectivity index (χ0v) is 11.2. The molecule has 0 aliphatic heterocycles. The van der Waals surface area contributed by atoms with E-state index in [1.54, 1.807) is 24.3 Å². The lowest BCUT2D eigenvalue weighted by Gasteiger charge is -2.10. The van der Waals surface area contributed by atoms with Gasteiger partial charge in [-0.15, -0.1) is 0 Å². The molecule has 0 saturated carbocycles. The third-order valence-electron chi connectivity index (χ3n) is 2.63. The quantitative estimate of drug-likeness (QED) is 0.742. The first-order valence-corrected chi connectivity index (χ1v) is 7.28. The van der Waals surface area contributed by atoms with Crippen LogP contribution in [0.15, 0.2) is 41.8 Å². The summed E-state index contributed by atoms with van der Waals surface area (Å²) in [5, 5.41) is 8.65. The number of para-hydroxylation sites is 1. The highest BCUT2D eigenvalue weighted by Gasteiger charge is 2.17. The molecule has 8 heteroatoms. The Hall–Kier alpha value is -2.35. The van der Waals surface area contributed by atoms with E-state index in [1.807, 2.05) is 0 Å². The SMILES string of the molecule is O=C(O)CCc1ccccc1NS(=O)(=O)c1cnc[nH]1. The number of aryl methyl sites for hydroxylation is 1. The van der Waals surface area contributed by atoms with Gasteiger partial charge in [0.05, 0.1) is 18.2 Å². The van der Waals surface area contributed by atoms with Gasteiger partial charge in [-0.1, -0.05) is 18.2 Å². The number of nitrogens with zero attached hydrogens (tertiary/aromatic N) is 1. The molecule has 0 fully saturated rings. The normalized spacial score (nSPS) is 11.2. The van der Waals surface area contributed by atoms with E-state index in [4.69, 9.17) is 5.11 Å². The van der Waals surface area contributed by atoms with Crippen molar-refractivity contribution in [1.29, 1.82) is 0 Å². The molecule has 1 aromatic heterocycles. The topological polar surface area (TPSA) is 112 Å². The summed E-state index contributed by atoms with van der Waals surface area (Å²) in [6.07, 6.45) is 2.65. The number of nitrogens with one attached hydrogen (secondary N) is 2. The number of aliphatic carboxylic acids is 1. The smallest absolute Gasteiger partial charge is 0.303 e. The van der Waals surface area contributed by atoms with E-state index >= 15 is 0 Å². The number of rotatable bonds is 6. The summed E-state index contributed by atoms with van der Waals surface area (Å²) in [4.78, 5) is 16.8. The van der Waals surface area contributed by atoms with Crippen LogP contribution < -0.4 is 4.72 Å². The van der Waals surface area contributed by atoms with Gasteiger partial charge in [0.15, 0.2) is 5.03 Å². The van der Waals surface area contributed by atoms with Gasteiger partial charge in [-0.05, 0) is 18.1 Å². The number of carboxylic acid groups (broad SMARTS) is 1. The van der Waals surface area contributed by atoms with Crippen LogP contribution >= 0.6 is 0 Å². The number of H-pyrrole nitrogens is 1. The number of hydrogen-bond acceptors (Lipinski definition) is 4. The number of aromatic amines is 1. The van der Waals surface area contributed by atoms with E-state index in [0.717, 1.165) is 0 Å². The van der Waals surface area contributed by atoms with Crippen LogP contribution in [0.25, 0.3) is 0 Å². The van der Waals surface area contributed by atoms with E-state index in [1.165, 1.54) is 12.5 Å². The first kappa shape index (κ1) is 14.1. The van der Waals surface area contributed by atoms with Gasteiger partial charge in [0.1, 0.15) is 0 Å². The average molecular weight is 295 g/mol. The summed E-state index contributed by atoms with van der Waals surface area (Å²) in [5.41, 5.74) is 0.987. The second-order valence-electron chi connectivity index (χ2n) is 4.07. The van der Waals surface area contributed by atoms with E-state index < -0.39 is 16.0 Å². The molecule has 0 bridgehead atoms. The maximum atomic E-state index is 12.1. The molecule has 7 nitrogen and oxygen atoms in total. The number of carbonyl (C=O) groups is 1. The summed E-state index contributed by atoms with van der Waals surface area (Å²) < 4.78 is 26.5. The summed E-state index contributed by atoms with van der Waals surface area (Å²) in [5.74, 6) is -0.934. The van der Waals surface area contributed by atoms with Crippen LogP contribution in [-0.2, 0) is 21.2 Å². The van der Waals surface area contributed by atoms with Crippen molar-refractivity contribution in [2.45, 2.75) is 17.9 Å². The van der Waals surface area contributed by atoms with Crippen LogP contribution in [0.4, 0.5) is 5.69 Å². The molecule has 0 aliphatic rings. The van der Waals surface area contributed by atoms with Crippen molar-refractivity contribution in [3.8, 4) is 0 Å². The van der Waals surface area contributed by atoms with Gasteiger partial charge in [-0.25, -0.2) is 4.98 Å². The van der Waals surface area contributed by atoms with Gasteiger partial charge >= 0.3 is 5.97 Å². The molecule has 2 rings (SSSR count). The summed E-state index contributed by atoms with van der Waals surface area (Å²) in [6.45, 7) is 0. The molecule has 1 aromatic carbocycles. The summed E-state index contributed by atoms with van der Waals surface area (Å²) in [6, 6.07) is 6.68. The first-order valence-electron chi connectivity index (χ1n) is 5.80. The van der Waals surface area contributed by atoms with E-state index in [2.05, 4.69) is 14.7 Å². The van der Waals surface area contributed by atoms with Gasteiger partial charge in [0, 0.05) is 6.42 Å². The zero-order chi connectivity index (χ0) is 14.6. The lowest BCUT2D eigenvalue weighted by molar-refractivity contribution is -0.136. The Bertz CT molecular complexity index is 695. The van der Waals surface area contributed by atoms with E-state index in [0.29, 0.717) is 11.3 Å². The van der Waals surface area contributed by atoms with E-state index in [9.17, 15) is 13.2 Å². The fourth-order valence-electron chi connectivity index (χ4n) is 1.67. The Kier molecular flexibility index (Phi) is 4.04. The van der Waals surface area contributed by atoms with Crippen molar-refractivity contribution in [2.75, 3.05) is 4.72 Å². The van der Waals surface area contributed by atoms with Gasteiger partial charge in [0.25, 0.3) is 10.0 Å². The number of anilines is 1. The highest BCUT2D eigenvalue weighted by molar-refractivity contribution is 7.92. The molecular formula is C12H13N3O4S. The minimum Gasteiger partial charge on any atom is -0.481 e. The second kappa shape index (κ2) is 5.74. The van der Waals surface area contributed by atoms with Gasteiger partial charge in [0.2, 0.25) is 0 Å². The van der Waals surface area contributed by atoms with Gasteiger partial charge < -0.3 is 10.1 Å². The number of benzene rings is 1. The van der Waals surface area contributed by atoms with Crippen molar-refractivity contribution in [3.63, 3.8) is 0 Å². The molecule has 0 saturated heterocycles. The highest BCUT2D eigenvalue weighted by atomic mass is 32.2. The lowest BCUT2D eigenvalue weighted by Crippen LogP contribution is -2.14. The molecule has 2 aromatic rings. The van der Waals surface area contributed by atoms with Crippen molar-refractivity contribution in [2.24, 2.45) is 0 Å². The standard InChI is InChI=1S/C12H13N3O4S/c16-12(17)6-5-9-3-1-2-4-10(9)15-20(18,19)11-7-13-8-14-11/h1-4,7-8,15H,5-6H2,(H,13,14)(H,16,17). The molecule has 0 amide bonds. The molecule has 0 aliphatic carbocycles. The Morgan fingerprint density at radius 1 is 1.35 bits per heavy atom. The van der Waals surface area contributed by atoms with Gasteiger partial charge in [-0.2, -0.15) is 8.42 Å². The monoisotopic (exact) mass is 295 g/mol. The molecule has 0 radical (unpaired) electrons. The predicted molar refractivity (Wildman–Crippen MR) is 71.8 cm³/mol. The van der Waals surface area contributed by atoms with Crippen molar-refractivity contribution >= 4 is 21.7 Å². The minimum absolute atomic E-state index is 0.0504. The molecular weight excluding hydrogens is 282 g/mol. The Morgan fingerprint density at radius 2 is 2.10 bits per heavy atom. The number of hydrogen-bond donors (Lipinski definition) is 3. The Labute approximate surface area is 115 Å². The van der Waals surface area contributed by atoms with Crippen LogP contribution in [0.5, 0.6) is 0 Å². The highest BCUT2D eigenvalue weighted by Crippen LogP contribution is 2.20. The molecule has 3 N–H and O–H groups in total. The molecule has 0 spiro atoms. The first-order chi connectivity index (χ1) is 9.49. The number of imidazole rings is 1. The number of aromatic nitrogens is 2. The summed E-state index contributed by atoms with van der Waals surface area (Å²) >= 11 is 0. The Balaban J connectivity index is 2.23. The number of sulfonamides is 1. The molecule has 0 unspecified atom stereocenters. The number of carboxylic acids is 1. The third-order valence-corrected chi connectivity index (χ3v) is 3.92. The maximum absolute atomic E-state index is 12.1. The fraction of sp³-hybridized carbons (Fsp3) is 0.167. The minimum atomic E-state index is -3.75. The second-order valence-corrected chi connectivity index (χ2v) is 5.72. The van der Waals surface area contributed by atoms with Gasteiger partial charge in [-0.3, -0.25) is 9.52 Å². The van der Waals surface area contributed by atoms with Crippen LogP contribution in [0, 0.1) is 0 Å². The fourth-order valence-corrected chi connectivity index (χ4v) is 2.68. The Morgan fingerprint density at radius 3 is 2.75 bits per heavy atom. The molecule has 20 heavy (non-hydrogen) atoms. The molecule has 1 heterocycles. The van der Waals surface area contributed by atoms with Crippen molar-refractivity contribution < 1.29 is 18.3 Å². The van der Waals surface area contributed by atoms with E-state index in [-0.39, 0.29) is 17.9 Å². The van der Waals surface area contributed by atoms with Crippen LogP contribution in [0.2, 0.25) is 0 Å². The molecule has 106 valence electrons. The third kappa shape index (κ3) is 3.35. The van der Waals surface area contributed by atoms with Crippen molar-refractivity contribution in [3.05, 3.63) is 42.4 Å². The molecule has 0 atom stereocenters. The van der Waals surface area contributed by atoms with Crippen LogP contribution in [0.3, 0.4) is 0 Å². The van der Waals surface area contributed by atoms with Crippen LogP contribution in [-0.4, -0.2) is 29.5 Å². The lowest BCUT2D eigenvalue weighted by atomic mass is 10.1.